The minimum atomic E-state index is -3.67. The van der Waals surface area contributed by atoms with Crippen molar-refractivity contribution >= 4 is 55.6 Å². The first-order valence-electron chi connectivity index (χ1n) is 12.0. The summed E-state index contributed by atoms with van der Waals surface area (Å²) < 4.78 is 57.5. The van der Waals surface area contributed by atoms with Gasteiger partial charge in [-0.15, -0.1) is 0 Å². The van der Waals surface area contributed by atoms with Crippen LogP contribution in [0.3, 0.4) is 0 Å². The van der Waals surface area contributed by atoms with E-state index in [2.05, 4.69) is 0 Å². The van der Waals surface area contributed by atoms with Crippen molar-refractivity contribution in [3.63, 3.8) is 0 Å². The fourth-order valence-electron chi connectivity index (χ4n) is 4.72. The summed E-state index contributed by atoms with van der Waals surface area (Å²) in [4.78, 5) is 31.7. The molecule has 3 heterocycles. The van der Waals surface area contributed by atoms with Gasteiger partial charge in [-0.3, -0.25) is 9.35 Å². The maximum Gasteiger partial charge on any atom is 0.338 e. The van der Waals surface area contributed by atoms with Crippen molar-refractivity contribution in [3.8, 4) is 0 Å². The summed E-state index contributed by atoms with van der Waals surface area (Å²) in [6, 6.07) is 6.11. The van der Waals surface area contributed by atoms with Gasteiger partial charge in [0.1, 0.15) is 22.7 Å². The molecule has 0 aliphatic carbocycles. The maximum atomic E-state index is 14.7. The fraction of sp³-hybridized carbons (Fsp3) is 0.320. The number of pyridine rings is 1. The van der Waals surface area contributed by atoms with Gasteiger partial charge in [0.25, 0.3) is 15.7 Å². The first-order chi connectivity index (χ1) is 18.7. The predicted molar refractivity (Wildman–Crippen MR) is 147 cm³/mol. The van der Waals surface area contributed by atoms with E-state index in [4.69, 9.17) is 26.9 Å². The molecule has 0 bridgehead atoms. The third kappa shape index (κ3) is 6.09. The van der Waals surface area contributed by atoms with E-state index in [0.29, 0.717) is 35.9 Å². The zero-order valence-electron chi connectivity index (χ0n) is 21.4. The summed E-state index contributed by atoms with van der Waals surface area (Å²) in [5.74, 6) is -2.42. The lowest BCUT2D eigenvalue weighted by molar-refractivity contribution is 0.0692. The molecule has 15 heteroatoms. The van der Waals surface area contributed by atoms with Crippen LogP contribution in [0.1, 0.15) is 28.8 Å². The number of nitrogens with two attached hydrogens (primary N) is 1. The zero-order valence-corrected chi connectivity index (χ0v) is 23.0. The maximum absolute atomic E-state index is 14.7. The van der Waals surface area contributed by atoms with Gasteiger partial charge in [0.15, 0.2) is 0 Å². The molecule has 40 heavy (non-hydrogen) atoms. The number of carboxylic acids is 1. The van der Waals surface area contributed by atoms with Crippen molar-refractivity contribution in [2.45, 2.75) is 25.4 Å². The van der Waals surface area contributed by atoms with Gasteiger partial charge in [-0.2, -0.15) is 8.42 Å². The summed E-state index contributed by atoms with van der Waals surface area (Å²) in [7, 11) is -2.18. The molecule has 4 N–H and O–H groups in total. The van der Waals surface area contributed by atoms with Crippen LogP contribution in [0.25, 0.3) is 21.9 Å². The van der Waals surface area contributed by atoms with Crippen molar-refractivity contribution in [1.82, 2.24) is 14.1 Å². The zero-order chi connectivity index (χ0) is 29.5. The van der Waals surface area contributed by atoms with Gasteiger partial charge >= 0.3 is 5.97 Å². The fourth-order valence-corrected chi connectivity index (χ4v) is 4.90. The van der Waals surface area contributed by atoms with Gasteiger partial charge in [-0.25, -0.2) is 18.6 Å². The number of halogens is 3. The summed E-state index contributed by atoms with van der Waals surface area (Å²) in [5, 5.41) is 9.96. The highest BCUT2D eigenvalue weighted by Crippen LogP contribution is 2.31. The summed E-state index contributed by atoms with van der Waals surface area (Å²) >= 11 is 6.34. The lowest BCUT2D eigenvalue weighted by atomic mass is 10.1. The number of piperidine rings is 1. The lowest BCUT2D eigenvalue weighted by Gasteiger charge is -2.32. The van der Waals surface area contributed by atoms with E-state index in [1.807, 2.05) is 4.90 Å². The Hall–Kier alpha value is -3.59. The number of nitrogens with zero attached hydrogens (tertiary/aromatic N) is 4. The number of carboxylic acid groups (broad SMARTS) is 1. The monoisotopic (exact) mass is 597 g/mol. The molecule has 11 nitrogen and oxygen atoms in total. The second-order valence-corrected chi connectivity index (χ2v) is 11.4. The Balaban J connectivity index is 0.000000681. The molecule has 0 radical (unpaired) electrons. The minimum Gasteiger partial charge on any atom is -0.478 e. The standard InChI is InChI=1S/C24H22ClF2N5O3.CH4O3S/c1-30-19-9-15(23(34)35)18(27)8-16(19)20-21(22(30)33)32(10-12-7-13(26)4-5-17(12)25)24(29-20)31-6-2-3-14(28)11-31;1-5(2,3)4/h4-5,7-9,14H,2-3,6,10-11,28H2,1H3,(H,34,35);1H3,(H,2,3,4)/t14-;/m1./s1. The van der Waals surface area contributed by atoms with Crippen LogP contribution in [0.5, 0.6) is 0 Å². The highest BCUT2D eigenvalue weighted by molar-refractivity contribution is 7.85. The van der Waals surface area contributed by atoms with Gasteiger partial charge in [0, 0.05) is 36.6 Å². The van der Waals surface area contributed by atoms with Crippen LogP contribution in [-0.4, -0.2) is 63.6 Å². The molecule has 214 valence electrons. The number of rotatable bonds is 4. The van der Waals surface area contributed by atoms with Crippen molar-refractivity contribution in [2.75, 3.05) is 24.2 Å². The van der Waals surface area contributed by atoms with Crippen LogP contribution in [0, 0.1) is 11.6 Å². The van der Waals surface area contributed by atoms with Crippen LogP contribution in [-0.2, 0) is 23.7 Å². The molecule has 0 unspecified atom stereocenters. The first kappa shape index (κ1) is 29.4. The van der Waals surface area contributed by atoms with Gasteiger partial charge < -0.3 is 24.9 Å². The van der Waals surface area contributed by atoms with Crippen LogP contribution >= 0.6 is 11.6 Å². The molecule has 1 aliphatic heterocycles. The number of aromatic nitrogens is 3. The third-order valence-corrected chi connectivity index (χ3v) is 6.83. The number of carbonyl (C=O) groups is 1. The molecule has 1 aliphatic rings. The van der Waals surface area contributed by atoms with Crippen molar-refractivity contribution < 1.29 is 31.7 Å². The van der Waals surface area contributed by atoms with Crippen molar-refractivity contribution in [3.05, 3.63) is 68.5 Å². The molecule has 4 aromatic rings. The summed E-state index contributed by atoms with van der Waals surface area (Å²) in [6.45, 7) is 1.18. The molecule has 1 atom stereocenters. The molecule has 5 rings (SSSR count). The third-order valence-electron chi connectivity index (χ3n) is 6.46. The number of anilines is 1. The summed E-state index contributed by atoms with van der Waals surface area (Å²) in [5.41, 5.74) is 6.28. The van der Waals surface area contributed by atoms with Crippen LogP contribution in [0.2, 0.25) is 5.02 Å². The van der Waals surface area contributed by atoms with Crippen molar-refractivity contribution in [2.24, 2.45) is 12.8 Å². The van der Waals surface area contributed by atoms with Crippen LogP contribution in [0.4, 0.5) is 14.7 Å². The number of hydrogen-bond donors (Lipinski definition) is 3. The number of imidazole rings is 1. The predicted octanol–water partition coefficient (Wildman–Crippen LogP) is 3.00. The van der Waals surface area contributed by atoms with E-state index in [0.717, 1.165) is 25.0 Å². The second kappa shape index (κ2) is 11.1. The number of aromatic carboxylic acids is 1. The average molecular weight is 598 g/mol. The molecule has 2 aromatic carbocycles. The Bertz CT molecular complexity index is 1800. The quantitative estimate of drug-likeness (QED) is 0.300. The number of benzene rings is 2. The van der Waals surface area contributed by atoms with E-state index in [1.54, 1.807) is 4.57 Å². The van der Waals surface area contributed by atoms with E-state index in [1.165, 1.54) is 29.8 Å². The molecule has 2 aromatic heterocycles. The second-order valence-electron chi connectivity index (χ2n) is 9.53. The highest BCUT2D eigenvalue weighted by Gasteiger charge is 2.27. The van der Waals surface area contributed by atoms with E-state index < -0.39 is 38.8 Å². The molecule has 0 saturated carbocycles. The topological polar surface area (TPSA) is 161 Å². The molecule has 1 fully saturated rings. The van der Waals surface area contributed by atoms with Gasteiger partial charge in [-0.05, 0) is 48.7 Å². The summed E-state index contributed by atoms with van der Waals surface area (Å²) in [6.07, 6.45) is 2.38. The van der Waals surface area contributed by atoms with Crippen LogP contribution < -0.4 is 16.2 Å². The average Bonchev–Trinajstić information content (AvgIpc) is 3.23. The van der Waals surface area contributed by atoms with Gasteiger partial charge in [-0.1, -0.05) is 11.6 Å². The van der Waals surface area contributed by atoms with E-state index in [-0.39, 0.29) is 34.5 Å². The van der Waals surface area contributed by atoms with E-state index in [9.17, 15) is 31.9 Å². The Morgan fingerprint density at radius 2 is 1.93 bits per heavy atom. The Kier molecular flexibility index (Phi) is 8.17. The Labute approximate surface area is 232 Å². The van der Waals surface area contributed by atoms with Gasteiger partial charge in [0.05, 0.1) is 23.9 Å². The number of hydrogen-bond acceptors (Lipinski definition) is 7. The highest BCUT2D eigenvalue weighted by atomic mass is 35.5. The normalized spacial score (nSPS) is 15.8. The minimum absolute atomic E-state index is 0.0462. The Morgan fingerprint density at radius 3 is 2.55 bits per heavy atom. The van der Waals surface area contributed by atoms with Crippen LogP contribution in [0.15, 0.2) is 35.1 Å². The molecule has 0 amide bonds. The Morgan fingerprint density at radius 1 is 1.25 bits per heavy atom. The lowest BCUT2D eigenvalue weighted by Crippen LogP contribution is -2.44. The molecule has 0 spiro atoms. The first-order valence-corrected chi connectivity index (χ1v) is 14.2. The number of aryl methyl sites for hydroxylation is 1. The van der Waals surface area contributed by atoms with Gasteiger partial charge in [0.2, 0.25) is 5.95 Å². The SMILES string of the molecule is CS(=O)(=O)O.Cn1c(=O)c2c(nc(N3CCC[C@@H](N)C3)n2Cc2cc(F)ccc2Cl)c2cc(F)c(C(=O)O)cc21. The molecular weight excluding hydrogens is 572 g/mol. The molecular formula is C25H26ClF2N5O6S. The largest absolute Gasteiger partial charge is 0.478 e. The smallest absolute Gasteiger partial charge is 0.338 e. The van der Waals surface area contributed by atoms with E-state index >= 15 is 0 Å². The number of fused-ring (bicyclic) bond motifs is 3. The molecule has 1 saturated heterocycles. The van der Waals surface area contributed by atoms with Crippen molar-refractivity contribution in [1.29, 1.82) is 0 Å².